The van der Waals surface area contributed by atoms with Crippen LogP contribution in [0.25, 0.3) is 0 Å². The molecule has 0 heterocycles. The van der Waals surface area contributed by atoms with E-state index in [0.29, 0.717) is 0 Å². The van der Waals surface area contributed by atoms with E-state index < -0.39 is 0 Å². The highest BCUT2D eigenvalue weighted by atomic mass is 14.9. The molecule has 2 atom stereocenters. The molecule has 0 aromatic heterocycles. The quantitative estimate of drug-likeness (QED) is 0.485. The fraction of sp³-hybridized carbons (Fsp3) is 0.846. The Kier molecular flexibility index (Phi) is 5.24. The molecule has 0 amide bonds. The monoisotopic (exact) mass is 195 g/mol. The predicted molar refractivity (Wildman–Crippen MR) is 63.4 cm³/mol. The molecule has 1 aliphatic carbocycles. The molecule has 0 aromatic carbocycles. The van der Waals surface area contributed by atoms with E-state index in [9.17, 15) is 0 Å². The van der Waals surface area contributed by atoms with Crippen LogP contribution >= 0.6 is 0 Å². The minimum absolute atomic E-state index is 0.959. The molecule has 0 radical (unpaired) electrons. The van der Waals surface area contributed by atoms with Crippen molar-refractivity contribution in [2.75, 3.05) is 13.1 Å². The van der Waals surface area contributed by atoms with Gasteiger partial charge in [-0.15, -0.1) is 6.58 Å². The normalized spacial score (nSPS) is 25.9. The number of allylic oxidation sites excluding steroid dienone is 1. The fourth-order valence-electron chi connectivity index (χ4n) is 2.18. The maximum atomic E-state index is 3.97. The fourth-order valence-corrected chi connectivity index (χ4v) is 2.18. The summed E-state index contributed by atoms with van der Waals surface area (Å²) in [7, 11) is 0. The zero-order valence-electron chi connectivity index (χ0n) is 9.81. The van der Waals surface area contributed by atoms with Gasteiger partial charge in [0, 0.05) is 0 Å². The van der Waals surface area contributed by atoms with Crippen LogP contribution in [0.5, 0.6) is 0 Å². The summed E-state index contributed by atoms with van der Waals surface area (Å²) >= 11 is 0. The first kappa shape index (κ1) is 11.8. The molecule has 14 heavy (non-hydrogen) atoms. The average molecular weight is 195 g/mol. The molecule has 2 unspecified atom stereocenters. The Morgan fingerprint density at radius 1 is 1.36 bits per heavy atom. The zero-order chi connectivity index (χ0) is 10.4. The lowest BCUT2D eigenvalue weighted by Crippen LogP contribution is -2.35. The minimum Gasteiger partial charge on any atom is -0.316 e. The van der Waals surface area contributed by atoms with Gasteiger partial charge in [-0.05, 0) is 64.0 Å². The van der Waals surface area contributed by atoms with Crippen LogP contribution in [0.2, 0.25) is 0 Å². The molecule has 82 valence electrons. The Labute approximate surface area is 89.0 Å². The van der Waals surface area contributed by atoms with Gasteiger partial charge in [0.1, 0.15) is 0 Å². The lowest BCUT2D eigenvalue weighted by atomic mass is 9.71. The highest BCUT2D eigenvalue weighted by Gasteiger charge is 2.29. The van der Waals surface area contributed by atoms with Gasteiger partial charge >= 0.3 is 0 Å². The van der Waals surface area contributed by atoms with Gasteiger partial charge in [-0.2, -0.15) is 0 Å². The summed E-state index contributed by atoms with van der Waals surface area (Å²) in [6, 6.07) is 0. The Morgan fingerprint density at radius 2 is 2.07 bits per heavy atom. The topological polar surface area (TPSA) is 12.0 Å². The van der Waals surface area contributed by atoms with E-state index in [4.69, 9.17) is 0 Å². The van der Waals surface area contributed by atoms with E-state index >= 15 is 0 Å². The van der Waals surface area contributed by atoms with Crippen LogP contribution in [0.4, 0.5) is 0 Å². The second-order valence-corrected chi connectivity index (χ2v) is 4.80. The lowest BCUT2D eigenvalue weighted by Gasteiger charge is -2.37. The summed E-state index contributed by atoms with van der Waals surface area (Å²) in [5, 5.41) is 3.53. The van der Waals surface area contributed by atoms with Crippen molar-refractivity contribution in [3.8, 4) is 0 Å². The van der Waals surface area contributed by atoms with Crippen molar-refractivity contribution in [3.05, 3.63) is 12.2 Å². The molecule has 0 aliphatic heterocycles. The van der Waals surface area contributed by atoms with Gasteiger partial charge in [-0.3, -0.25) is 0 Å². The lowest BCUT2D eigenvalue weighted by molar-refractivity contribution is 0.161. The molecular weight excluding hydrogens is 170 g/mol. The molecule has 1 N–H and O–H groups in total. The van der Waals surface area contributed by atoms with Crippen LogP contribution in [0, 0.1) is 11.8 Å². The van der Waals surface area contributed by atoms with E-state index in [0.717, 1.165) is 11.8 Å². The van der Waals surface area contributed by atoms with Gasteiger partial charge in [0.25, 0.3) is 0 Å². The molecule has 1 aliphatic rings. The third-order valence-corrected chi connectivity index (χ3v) is 3.35. The Balaban J connectivity index is 2.06. The summed E-state index contributed by atoms with van der Waals surface area (Å²) < 4.78 is 0. The molecule has 1 heteroatoms. The zero-order valence-corrected chi connectivity index (χ0v) is 9.81. The van der Waals surface area contributed by atoms with E-state index in [1.165, 1.54) is 50.8 Å². The largest absolute Gasteiger partial charge is 0.316 e. The number of hydrogen-bond donors (Lipinski definition) is 1. The van der Waals surface area contributed by atoms with E-state index in [1.807, 2.05) is 0 Å². The number of hydrogen-bond acceptors (Lipinski definition) is 1. The van der Waals surface area contributed by atoms with Crippen LogP contribution in [0.1, 0.15) is 46.0 Å². The van der Waals surface area contributed by atoms with Crippen molar-refractivity contribution in [3.63, 3.8) is 0 Å². The smallest absolute Gasteiger partial charge is 0.00179 e. The van der Waals surface area contributed by atoms with Crippen molar-refractivity contribution in [1.82, 2.24) is 5.32 Å². The second kappa shape index (κ2) is 6.23. The van der Waals surface area contributed by atoms with Gasteiger partial charge in [-0.1, -0.05) is 12.5 Å². The molecule has 0 aromatic rings. The molecule has 1 nitrogen and oxygen atoms in total. The third kappa shape index (κ3) is 3.83. The first-order valence-electron chi connectivity index (χ1n) is 6.09. The van der Waals surface area contributed by atoms with Crippen molar-refractivity contribution < 1.29 is 0 Å². The van der Waals surface area contributed by atoms with Gasteiger partial charge in [0.2, 0.25) is 0 Å². The minimum atomic E-state index is 0.959. The maximum Gasteiger partial charge on any atom is -0.00179 e. The molecule has 1 rings (SSSR count). The summed E-state index contributed by atoms with van der Waals surface area (Å²) in [6.45, 7) is 10.8. The van der Waals surface area contributed by atoms with Crippen molar-refractivity contribution >= 4 is 0 Å². The van der Waals surface area contributed by atoms with Crippen LogP contribution in [-0.4, -0.2) is 13.1 Å². The predicted octanol–water partition coefficient (Wildman–Crippen LogP) is 3.37. The standard InChI is InChI=1S/C13H25N/c1-4-9-14-10-13-8-7-12(13)6-5-11(2)3/h12-14H,2,4-10H2,1,3H3. The Bertz CT molecular complexity index is 174. The maximum absolute atomic E-state index is 3.97. The third-order valence-electron chi connectivity index (χ3n) is 3.35. The van der Waals surface area contributed by atoms with E-state index in [-0.39, 0.29) is 0 Å². The Morgan fingerprint density at radius 3 is 2.57 bits per heavy atom. The summed E-state index contributed by atoms with van der Waals surface area (Å²) in [6.07, 6.45) is 6.75. The summed E-state index contributed by atoms with van der Waals surface area (Å²) in [4.78, 5) is 0. The van der Waals surface area contributed by atoms with Crippen LogP contribution in [-0.2, 0) is 0 Å². The second-order valence-electron chi connectivity index (χ2n) is 4.80. The average Bonchev–Trinajstić information content (AvgIpc) is 2.10. The molecule has 0 bridgehead atoms. The number of nitrogens with one attached hydrogen (secondary N) is 1. The molecule has 0 spiro atoms. The van der Waals surface area contributed by atoms with Gasteiger partial charge in [0.15, 0.2) is 0 Å². The van der Waals surface area contributed by atoms with Crippen molar-refractivity contribution in [2.45, 2.75) is 46.0 Å². The molecule has 1 fully saturated rings. The molecular formula is C13H25N. The molecule has 0 saturated heterocycles. The highest BCUT2D eigenvalue weighted by molar-refractivity contribution is 4.91. The SMILES string of the molecule is C=C(C)CCC1CCC1CNCCC. The summed E-state index contributed by atoms with van der Waals surface area (Å²) in [5.41, 5.74) is 1.34. The number of rotatable bonds is 7. The van der Waals surface area contributed by atoms with Gasteiger partial charge in [0.05, 0.1) is 0 Å². The molecule has 1 saturated carbocycles. The summed E-state index contributed by atoms with van der Waals surface area (Å²) in [5.74, 6) is 1.94. The Hall–Kier alpha value is -0.300. The van der Waals surface area contributed by atoms with E-state index in [2.05, 4.69) is 25.7 Å². The van der Waals surface area contributed by atoms with Crippen LogP contribution in [0.3, 0.4) is 0 Å². The first-order chi connectivity index (χ1) is 6.74. The highest BCUT2D eigenvalue weighted by Crippen LogP contribution is 2.37. The van der Waals surface area contributed by atoms with Gasteiger partial charge < -0.3 is 5.32 Å². The van der Waals surface area contributed by atoms with Crippen molar-refractivity contribution in [1.29, 1.82) is 0 Å². The first-order valence-corrected chi connectivity index (χ1v) is 6.09. The van der Waals surface area contributed by atoms with Crippen LogP contribution < -0.4 is 5.32 Å². The van der Waals surface area contributed by atoms with Crippen molar-refractivity contribution in [2.24, 2.45) is 11.8 Å². The van der Waals surface area contributed by atoms with Crippen LogP contribution in [0.15, 0.2) is 12.2 Å². The van der Waals surface area contributed by atoms with E-state index in [1.54, 1.807) is 0 Å². The van der Waals surface area contributed by atoms with Gasteiger partial charge in [-0.25, -0.2) is 0 Å².